The van der Waals surface area contributed by atoms with Crippen LogP contribution in [0.5, 0.6) is 0 Å². The Balaban J connectivity index is 1.20. The molecule has 2 unspecified atom stereocenters. The fourth-order valence-corrected chi connectivity index (χ4v) is 6.38. The first kappa shape index (κ1) is 41.7. The van der Waals surface area contributed by atoms with Gasteiger partial charge in [-0.15, -0.1) is 11.8 Å². The molecular weight excluding hydrogens is 675 g/mol. The zero-order chi connectivity index (χ0) is 37.4. The van der Waals surface area contributed by atoms with Gasteiger partial charge >= 0.3 is 0 Å². The Bertz CT molecular complexity index is 1560. The van der Waals surface area contributed by atoms with Crippen LogP contribution in [0.4, 0.5) is 0 Å². The van der Waals surface area contributed by atoms with E-state index in [1.807, 2.05) is 18.2 Å². The van der Waals surface area contributed by atoms with E-state index in [-0.39, 0.29) is 55.3 Å². The lowest BCUT2D eigenvalue weighted by Crippen LogP contribution is -2.39. The number of imide groups is 1. The molecule has 2 aliphatic heterocycles. The summed E-state index contributed by atoms with van der Waals surface area (Å²) >= 11 is 1.29. The van der Waals surface area contributed by atoms with Gasteiger partial charge in [-0.3, -0.25) is 28.9 Å². The lowest BCUT2D eigenvalue weighted by atomic mass is 9.92. The zero-order valence-corrected chi connectivity index (χ0v) is 31.3. The maximum atomic E-state index is 12.8. The van der Waals surface area contributed by atoms with E-state index >= 15 is 0 Å². The molecule has 2 aliphatic rings. The highest BCUT2D eigenvalue weighted by Crippen LogP contribution is 2.34. The molecule has 10 heteroatoms. The summed E-state index contributed by atoms with van der Waals surface area (Å²) in [6.07, 6.45) is 33.6. The number of hydrogen-bond donors (Lipinski definition) is 2. The summed E-state index contributed by atoms with van der Waals surface area (Å²) in [6, 6.07) is 8.98. The van der Waals surface area contributed by atoms with Gasteiger partial charge in [-0.2, -0.15) is 0 Å². The number of carbonyl (C=O) groups is 5. The van der Waals surface area contributed by atoms with Crippen LogP contribution >= 0.6 is 11.8 Å². The van der Waals surface area contributed by atoms with Crippen LogP contribution in [0.3, 0.4) is 0 Å². The van der Waals surface area contributed by atoms with Crippen molar-refractivity contribution in [2.24, 2.45) is 0 Å². The quantitative estimate of drug-likeness (QED) is 0.0711. The number of nitrogens with zero attached hydrogens (tertiary/aromatic N) is 1. The number of ether oxygens (including phenoxy) is 1. The molecule has 9 nitrogen and oxygen atoms in total. The number of rotatable bonds is 23. The second-order valence-electron chi connectivity index (χ2n) is 12.4. The van der Waals surface area contributed by atoms with Gasteiger partial charge in [0.15, 0.2) is 11.4 Å². The average Bonchev–Trinajstić information content (AvgIpc) is 3.60. The molecule has 1 aromatic rings. The van der Waals surface area contributed by atoms with E-state index in [1.165, 1.54) is 22.7 Å². The van der Waals surface area contributed by atoms with E-state index in [1.54, 1.807) is 31.2 Å². The first-order valence-electron chi connectivity index (χ1n) is 18.2. The van der Waals surface area contributed by atoms with Crippen molar-refractivity contribution in [3.05, 3.63) is 121 Å². The van der Waals surface area contributed by atoms with E-state index in [2.05, 4.69) is 78.3 Å². The number of thioether (sulfide) groups is 1. The Labute approximate surface area is 313 Å². The van der Waals surface area contributed by atoms with E-state index in [9.17, 15) is 24.0 Å². The maximum absolute atomic E-state index is 12.8. The SMILES string of the molecule is CC/C=C\C/C=C\C/C=C\C/C=C\C/C=C\C/C=C\CCC(=O)NCCN1C(=O)CC(SCCNC(=O)C2=CC(=O)C(C)(c3ccccc3)O2)C1=O. The number of nitrogens with one attached hydrogen (secondary N) is 2. The highest BCUT2D eigenvalue weighted by Gasteiger charge is 2.43. The molecule has 0 radical (unpaired) electrons. The van der Waals surface area contributed by atoms with Crippen LogP contribution < -0.4 is 10.6 Å². The molecule has 52 heavy (non-hydrogen) atoms. The van der Waals surface area contributed by atoms with Crippen LogP contribution in [0.15, 0.2) is 115 Å². The third kappa shape index (κ3) is 14.5. The third-order valence-electron chi connectivity index (χ3n) is 8.30. The number of benzene rings is 1. The summed E-state index contributed by atoms with van der Waals surface area (Å²) in [7, 11) is 0. The minimum Gasteiger partial charge on any atom is -0.469 e. The fraction of sp³-hybridized carbons (Fsp3) is 0.405. The van der Waals surface area contributed by atoms with Gasteiger partial charge in [0.25, 0.3) is 5.91 Å². The van der Waals surface area contributed by atoms with Crippen LogP contribution in [0.2, 0.25) is 0 Å². The monoisotopic (exact) mass is 727 g/mol. The molecule has 2 N–H and O–H groups in total. The minimum absolute atomic E-state index is 0.0564. The first-order valence-corrected chi connectivity index (χ1v) is 19.2. The van der Waals surface area contributed by atoms with Crippen molar-refractivity contribution in [1.29, 1.82) is 0 Å². The Hall–Kier alpha value is -4.70. The summed E-state index contributed by atoms with van der Waals surface area (Å²) in [6.45, 7) is 4.32. The second kappa shape index (κ2) is 23.7. The van der Waals surface area contributed by atoms with Gasteiger partial charge in [0, 0.05) is 49.9 Å². The van der Waals surface area contributed by atoms with Gasteiger partial charge in [0.05, 0.1) is 5.25 Å². The first-order chi connectivity index (χ1) is 25.3. The highest BCUT2D eigenvalue weighted by atomic mass is 32.2. The van der Waals surface area contributed by atoms with Crippen LogP contribution in [-0.4, -0.2) is 64.9 Å². The van der Waals surface area contributed by atoms with Crippen LogP contribution in [-0.2, 0) is 34.3 Å². The van der Waals surface area contributed by atoms with Gasteiger partial charge < -0.3 is 15.4 Å². The Kier molecular flexibility index (Phi) is 19.0. The van der Waals surface area contributed by atoms with Crippen LogP contribution in [0, 0.1) is 0 Å². The van der Waals surface area contributed by atoms with Gasteiger partial charge in [0.1, 0.15) is 0 Å². The average molecular weight is 728 g/mol. The number of amides is 4. The molecule has 2 atom stereocenters. The molecular formula is C42H53N3O6S. The van der Waals surface area contributed by atoms with Gasteiger partial charge in [-0.25, -0.2) is 0 Å². The molecule has 0 saturated carbocycles. The molecule has 3 rings (SSSR count). The number of likely N-dealkylation sites (tertiary alicyclic amines) is 1. The lowest BCUT2D eigenvalue weighted by Gasteiger charge is -2.24. The predicted molar refractivity (Wildman–Crippen MR) is 209 cm³/mol. The van der Waals surface area contributed by atoms with Gasteiger partial charge in [-0.05, 0) is 51.9 Å². The van der Waals surface area contributed by atoms with Gasteiger partial charge in [0.2, 0.25) is 23.5 Å². The minimum atomic E-state index is -1.25. The summed E-state index contributed by atoms with van der Waals surface area (Å²) < 4.78 is 5.76. The molecule has 2 heterocycles. The van der Waals surface area contributed by atoms with Crippen molar-refractivity contribution in [1.82, 2.24) is 15.5 Å². The van der Waals surface area contributed by atoms with Crippen molar-refractivity contribution in [2.75, 3.05) is 25.4 Å². The largest absolute Gasteiger partial charge is 0.469 e. The molecule has 1 aromatic carbocycles. The Morgan fingerprint density at radius 3 is 2.00 bits per heavy atom. The summed E-state index contributed by atoms with van der Waals surface area (Å²) in [5.41, 5.74) is -0.596. The molecule has 0 spiro atoms. The molecule has 0 aromatic heterocycles. The highest BCUT2D eigenvalue weighted by molar-refractivity contribution is 8.00. The maximum Gasteiger partial charge on any atom is 0.286 e. The molecule has 0 bridgehead atoms. The Morgan fingerprint density at radius 1 is 0.827 bits per heavy atom. The standard InChI is InChI=1S/C42H53N3O6S/c1-3-4-5-6-7-8-9-10-11-12-13-14-15-16-17-18-19-20-24-27-38(47)43-28-30-45-39(48)33-36(41(45)50)52-31-29-44-40(49)35-32-37(46)42(2,51-35)34-25-22-21-23-26-34/h4-5,7-8,10-11,13-14,16-17,19-23,25-26,32,36H,3,6,9,12,15,18,24,27-31,33H2,1-2H3,(H,43,47)(H,44,49)/b5-4-,8-7-,11-10-,14-13-,17-16-,20-19-. The van der Waals surface area contributed by atoms with Crippen LogP contribution in [0.1, 0.15) is 77.2 Å². The van der Waals surface area contributed by atoms with Crippen molar-refractivity contribution in [3.8, 4) is 0 Å². The van der Waals surface area contributed by atoms with Crippen molar-refractivity contribution < 1.29 is 28.7 Å². The molecule has 4 amide bonds. The number of ketones is 1. The normalized spacial score (nSPS) is 19.4. The van der Waals surface area contributed by atoms with Crippen LogP contribution in [0.25, 0.3) is 0 Å². The van der Waals surface area contributed by atoms with E-state index in [4.69, 9.17) is 4.74 Å². The molecule has 0 aliphatic carbocycles. The van der Waals surface area contributed by atoms with E-state index in [0.29, 0.717) is 24.2 Å². The Morgan fingerprint density at radius 2 is 1.40 bits per heavy atom. The molecule has 1 saturated heterocycles. The fourth-order valence-electron chi connectivity index (χ4n) is 5.35. The summed E-state index contributed by atoms with van der Waals surface area (Å²) in [4.78, 5) is 64.0. The van der Waals surface area contributed by atoms with Crippen molar-refractivity contribution in [3.63, 3.8) is 0 Å². The third-order valence-corrected chi connectivity index (χ3v) is 9.51. The van der Waals surface area contributed by atoms with E-state index in [0.717, 1.165) is 38.5 Å². The number of carbonyl (C=O) groups excluding carboxylic acids is 5. The molecule has 278 valence electrons. The molecule has 1 fully saturated rings. The van der Waals surface area contributed by atoms with Gasteiger partial charge in [-0.1, -0.05) is 110 Å². The smallest absolute Gasteiger partial charge is 0.286 e. The zero-order valence-electron chi connectivity index (χ0n) is 30.5. The second-order valence-corrected chi connectivity index (χ2v) is 13.7. The van der Waals surface area contributed by atoms with Crippen molar-refractivity contribution in [2.45, 2.75) is 82.5 Å². The summed E-state index contributed by atoms with van der Waals surface area (Å²) in [5, 5.41) is 4.96. The number of hydrogen-bond acceptors (Lipinski definition) is 7. The number of allylic oxidation sites excluding steroid dienone is 12. The topological polar surface area (TPSA) is 122 Å². The predicted octanol–water partition coefficient (Wildman–Crippen LogP) is 6.96. The van der Waals surface area contributed by atoms with E-state index < -0.39 is 16.8 Å². The lowest BCUT2D eigenvalue weighted by molar-refractivity contribution is -0.138. The van der Waals surface area contributed by atoms with Crippen molar-refractivity contribution >= 4 is 41.2 Å². The summed E-state index contributed by atoms with van der Waals surface area (Å²) in [5.74, 6) is -1.19.